The first kappa shape index (κ1) is 12.6. The van der Waals surface area contributed by atoms with Crippen LogP contribution in [0.3, 0.4) is 0 Å². The number of aromatic amines is 1. The zero-order valence-electron chi connectivity index (χ0n) is 10.1. The summed E-state index contributed by atoms with van der Waals surface area (Å²) in [5.74, 6) is -0.681. The standard InChI is InChI=1S/C12H17N3O3/c16-11(10-6-13-7-15-10)14-5-8-1-3-9(4-2-8)12(17)18/h6-9H,1-5H2,(H,13,15)(H,14,16)(H,17,18). The van der Waals surface area contributed by atoms with Gasteiger partial charge in [-0.2, -0.15) is 0 Å². The summed E-state index contributed by atoms with van der Waals surface area (Å²) in [4.78, 5) is 29.0. The molecule has 0 aliphatic heterocycles. The van der Waals surface area contributed by atoms with Crippen LogP contribution in [0.25, 0.3) is 0 Å². The number of rotatable bonds is 4. The van der Waals surface area contributed by atoms with Crippen LogP contribution in [0.5, 0.6) is 0 Å². The fourth-order valence-corrected chi connectivity index (χ4v) is 2.33. The molecule has 18 heavy (non-hydrogen) atoms. The summed E-state index contributed by atoms with van der Waals surface area (Å²) in [6.07, 6.45) is 6.09. The van der Waals surface area contributed by atoms with E-state index in [1.54, 1.807) is 0 Å². The number of carbonyl (C=O) groups is 2. The van der Waals surface area contributed by atoms with Gasteiger partial charge in [-0.1, -0.05) is 0 Å². The van der Waals surface area contributed by atoms with Crippen molar-refractivity contribution in [3.63, 3.8) is 0 Å². The highest BCUT2D eigenvalue weighted by Gasteiger charge is 2.26. The lowest BCUT2D eigenvalue weighted by molar-refractivity contribution is -0.143. The first-order valence-electron chi connectivity index (χ1n) is 6.16. The molecule has 0 aromatic carbocycles. The van der Waals surface area contributed by atoms with Crippen LogP contribution < -0.4 is 5.32 Å². The summed E-state index contributed by atoms with van der Waals surface area (Å²) in [5, 5.41) is 11.7. The smallest absolute Gasteiger partial charge is 0.306 e. The molecular formula is C12H17N3O3. The Hall–Kier alpha value is -1.85. The molecule has 1 aliphatic rings. The number of amides is 1. The third kappa shape index (κ3) is 3.09. The van der Waals surface area contributed by atoms with E-state index in [0.29, 0.717) is 31.0 Å². The molecule has 1 fully saturated rings. The summed E-state index contributed by atoms with van der Waals surface area (Å²) in [6.45, 7) is 0.601. The summed E-state index contributed by atoms with van der Waals surface area (Å²) >= 11 is 0. The summed E-state index contributed by atoms with van der Waals surface area (Å²) in [7, 11) is 0. The molecule has 0 bridgehead atoms. The molecule has 98 valence electrons. The lowest BCUT2D eigenvalue weighted by atomic mass is 9.82. The normalized spacial score (nSPS) is 23.6. The van der Waals surface area contributed by atoms with Crippen molar-refractivity contribution in [3.8, 4) is 0 Å². The van der Waals surface area contributed by atoms with Gasteiger partial charge in [-0.15, -0.1) is 0 Å². The number of hydrogen-bond acceptors (Lipinski definition) is 3. The van der Waals surface area contributed by atoms with Crippen molar-refractivity contribution in [3.05, 3.63) is 18.2 Å². The second kappa shape index (κ2) is 5.66. The Kier molecular flexibility index (Phi) is 3.96. The van der Waals surface area contributed by atoms with E-state index < -0.39 is 5.97 Å². The van der Waals surface area contributed by atoms with E-state index in [4.69, 9.17) is 5.11 Å². The number of carboxylic acids is 1. The van der Waals surface area contributed by atoms with Crippen LogP contribution in [0.4, 0.5) is 0 Å². The number of carbonyl (C=O) groups excluding carboxylic acids is 1. The number of H-pyrrole nitrogens is 1. The largest absolute Gasteiger partial charge is 0.481 e. The van der Waals surface area contributed by atoms with Gasteiger partial charge >= 0.3 is 5.97 Å². The van der Waals surface area contributed by atoms with E-state index in [1.807, 2.05) is 0 Å². The maximum atomic E-state index is 11.6. The minimum absolute atomic E-state index is 0.159. The van der Waals surface area contributed by atoms with Crippen LogP contribution in [0, 0.1) is 11.8 Å². The average Bonchev–Trinajstić information content (AvgIpc) is 2.90. The van der Waals surface area contributed by atoms with E-state index in [1.165, 1.54) is 12.5 Å². The highest BCUT2D eigenvalue weighted by Crippen LogP contribution is 2.28. The van der Waals surface area contributed by atoms with Gasteiger partial charge in [0.1, 0.15) is 5.69 Å². The van der Waals surface area contributed by atoms with Crippen LogP contribution in [-0.2, 0) is 4.79 Å². The van der Waals surface area contributed by atoms with E-state index >= 15 is 0 Å². The first-order chi connectivity index (χ1) is 8.66. The number of nitrogens with one attached hydrogen (secondary N) is 2. The Morgan fingerprint density at radius 1 is 1.39 bits per heavy atom. The predicted octanol–water partition coefficient (Wildman–Crippen LogP) is 1.03. The van der Waals surface area contributed by atoms with Gasteiger partial charge in [0.15, 0.2) is 0 Å². The Morgan fingerprint density at radius 2 is 2.11 bits per heavy atom. The molecule has 0 saturated heterocycles. The van der Waals surface area contributed by atoms with E-state index in [2.05, 4.69) is 15.3 Å². The second-order valence-corrected chi connectivity index (χ2v) is 4.73. The highest BCUT2D eigenvalue weighted by molar-refractivity contribution is 5.91. The monoisotopic (exact) mass is 251 g/mol. The fraction of sp³-hybridized carbons (Fsp3) is 0.583. The molecule has 1 aromatic rings. The number of hydrogen-bond donors (Lipinski definition) is 3. The van der Waals surface area contributed by atoms with E-state index in [0.717, 1.165) is 12.8 Å². The Morgan fingerprint density at radius 3 is 2.67 bits per heavy atom. The molecule has 2 rings (SSSR count). The summed E-state index contributed by atoms with van der Waals surface area (Å²) in [5.41, 5.74) is 0.453. The fourth-order valence-electron chi connectivity index (χ4n) is 2.33. The Balaban J connectivity index is 1.72. The summed E-state index contributed by atoms with van der Waals surface area (Å²) in [6, 6.07) is 0. The van der Waals surface area contributed by atoms with Crippen molar-refractivity contribution in [2.75, 3.05) is 6.54 Å². The van der Waals surface area contributed by atoms with Gasteiger partial charge in [0.05, 0.1) is 18.4 Å². The van der Waals surface area contributed by atoms with E-state index in [9.17, 15) is 9.59 Å². The van der Waals surface area contributed by atoms with Crippen LogP contribution in [0.1, 0.15) is 36.2 Å². The van der Waals surface area contributed by atoms with Gasteiger partial charge < -0.3 is 15.4 Å². The van der Waals surface area contributed by atoms with Crippen molar-refractivity contribution in [2.45, 2.75) is 25.7 Å². The Labute approximate surface area is 105 Å². The minimum atomic E-state index is -0.699. The Bertz CT molecular complexity index is 408. The van der Waals surface area contributed by atoms with Crippen LogP contribution in [0.15, 0.2) is 12.5 Å². The SMILES string of the molecule is O=C(NCC1CCC(C(=O)O)CC1)c1cnc[nH]1. The second-order valence-electron chi connectivity index (χ2n) is 4.73. The third-order valence-electron chi connectivity index (χ3n) is 3.49. The van der Waals surface area contributed by atoms with Crippen molar-refractivity contribution in [1.29, 1.82) is 0 Å². The van der Waals surface area contributed by atoms with Crippen molar-refractivity contribution in [2.24, 2.45) is 11.8 Å². The molecule has 3 N–H and O–H groups in total. The highest BCUT2D eigenvalue weighted by atomic mass is 16.4. The van der Waals surface area contributed by atoms with Gasteiger partial charge in [-0.05, 0) is 31.6 Å². The first-order valence-corrected chi connectivity index (χ1v) is 6.16. The third-order valence-corrected chi connectivity index (χ3v) is 3.49. The van der Waals surface area contributed by atoms with Crippen molar-refractivity contribution in [1.82, 2.24) is 15.3 Å². The molecule has 1 amide bonds. The molecule has 1 aromatic heterocycles. The maximum Gasteiger partial charge on any atom is 0.306 e. The topological polar surface area (TPSA) is 95.1 Å². The molecule has 1 heterocycles. The average molecular weight is 251 g/mol. The zero-order chi connectivity index (χ0) is 13.0. The molecule has 6 nitrogen and oxygen atoms in total. The minimum Gasteiger partial charge on any atom is -0.481 e. The van der Waals surface area contributed by atoms with Crippen LogP contribution >= 0.6 is 0 Å². The molecule has 1 aliphatic carbocycles. The zero-order valence-corrected chi connectivity index (χ0v) is 10.1. The van der Waals surface area contributed by atoms with Crippen molar-refractivity contribution >= 4 is 11.9 Å². The van der Waals surface area contributed by atoms with Gasteiger partial charge in [-0.3, -0.25) is 9.59 Å². The quantitative estimate of drug-likeness (QED) is 0.744. The van der Waals surface area contributed by atoms with Gasteiger partial charge in [-0.25, -0.2) is 4.98 Å². The molecule has 0 unspecified atom stereocenters. The maximum absolute atomic E-state index is 11.6. The molecule has 6 heteroatoms. The molecule has 0 spiro atoms. The number of imidazole rings is 1. The molecule has 1 saturated carbocycles. The molecule has 0 atom stereocenters. The van der Waals surface area contributed by atoms with Crippen LogP contribution in [0.2, 0.25) is 0 Å². The predicted molar refractivity (Wildman–Crippen MR) is 64.0 cm³/mol. The lowest BCUT2D eigenvalue weighted by Gasteiger charge is -2.26. The number of nitrogens with zero attached hydrogens (tertiary/aromatic N) is 1. The summed E-state index contributed by atoms with van der Waals surface area (Å²) < 4.78 is 0. The van der Waals surface area contributed by atoms with Gasteiger partial charge in [0.2, 0.25) is 0 Å². The van der Waals surface area contributed by atoms with Gasteiger partial charge in [0, 0.05) is 6.54 Å². The number of aliphatic carboxylic acids is 1. The van der Waals surface area contributed by atoms with Gasteiger partial charge in [0.25, 0.3) is 5.91 Å². The number of aromatic nitrogens is 2. The van der Waals surface area contributed by atoms with E-state index in [-0.39, 0.29) is 11.8 Å². The molecular weight excluding hydrogens is 234 g/mol. The van der Waals surface area contributed by atoms with Crippen LogP contribution in [-0.4, -0.2) is 33.5 Å². The molecule has 0 radical (unpaired) electrons. The lowest BCUT2D eigenvalue weighted by Crippen LogP contribution is -2.32. The number of carboxylic acid groups (broad SMARTS) is 1. The van der Waals surface area contributed by atoms with Crippen molar-refractivity contribution < 1.29 is 14.7 Å².